The van der Waals surface area contributed by atoms with Crippen LogP contribution in [0.3, 0.4) is 0 Å². The average molecular weight is 591 g/mol. The lowest BCUT2D eigenvalue weighted by molar-refractivity contribution is -0.143. The fourth-order valence-electron chi connectivity index (χ4n) is 5.90. The Kier molecular flexibility index (Phi) is 35.7. The number of allylic oxidation sites excluding steroid dienone is 2. The van der Waals surface area contributed by atoms with Crippen molar-refractivity contribution in [2.75, 3.05) is 6.61 Å². The largest absolute Gasteiger partial charge is 0.466 e. The maximum absolute atomic E-state index is 12.0. The molecule has 0 N–H and O–H groups in total. The Morgan fingerprint density at radius 2 is 0.833 bits per heavy atom. The van der Waals surface area contributed by atoms with E-state index in [9.17, 15) is 4.79 Å². The van der Waals surface area contributed by atoms with Crippen LogP contribution in [0.25, 0.3) is 0 Å². The van der Waals surface area contributed by atoms with Crippen LogP contribution in [0.2, 0.25) is 0 Å². The number of ether oxygens (including phenoxy) is 1. The zero-order valence-electron chi connectivity index (χ0n) is 29.4. The molecular formula is C40H78O2. The number of rotatable bonds is 35. The number of esters is 1. The molecule has 250 valence electrons. The third kappa shape index (κ3) is 37.2. The van der Waals surface area contributed by atoms with Crippen molar-refractivity contribution in [1.29, 1.82) is 0 Å². The minimum Gasteiger partial charge on any atom is -0.466 e. The standard InChI is InChI=1S/C40H78O2/c1-4-5-6-7-8-9-10-11-12-13-14-15-16-17-18-19-22-25-28-31-34-37-40(41)42-38-35-32-29-26-23-20-21-24-27-30-33-36-39(2)3/h11-12,39H,4-10,13-38H2,1-3H3. The van der Waals surface area contributed by atoms with Gasteiger partial charge in [0.1, 0.15) is 0 Å². The predicted octanol–water partition coefficient (Wildman–Crippen LogP) is 14.2. The van der Waals surface area contributed by atoms with Gasteiger partial charge in [0.05, 0.1) is 6.61 Å². The molecule has 0 aliphatic carbocycles. The van der Waals surface area contributed by atoms with Crippen LogP contribution in [0.5, 0.6) is 0 Å². The maximum Gasteiger partial charge on any atom is 0.305 e. The van der Waals surface area contributed by atoms with E-state index < -0.39 is 0 Å². The molecule has 0 rings (SSSR count). The van der Waals surface area contributed by atoms with Crippen LogP contribution < -0.4 is 0 Å². The van der Waals surface area contributed by atoms with Gasteiger partial charge < -0.3 is 4.74 Å². The van der Waals surface area contributed by atoms with Gasteiger partial charge in [0.25, 0.3) is 0 Å². The number of carbonyl (C=O) groups excluding carboxylic acids is 1. The molecule has 0 heterocycles. The summed E-state index contributed by atoms with van der Waals surface area (Å²) in [6, 6.07) is 0. The summed E-state index contributed by atoms with van der Waals surface area (Å²) in [4.78, 5) is 12.0. The number of hydrogen-bond donors (Lipinski definition) is 0. The molecule has 0 aliphatic rings. The molecule has 2 nitrogen and oxygen atoms in total. The Balaban J connectivity index is 3.18. The van der Waals surface area contributed by atoms with Crippen molar-refractivity contribution in [2.45, 2.75) is 226 Å². The minimum atomic E-state index is 0.0247. The first-order valence-corrected chi connectivity index (χ1v) is 19.5. The SMILES string of the molecule is CCCCCCCCC=CCCCCCCCCCCCCCC(=O)OCCCCCCCCCCCCCC(C)C. The summed E-state index contributed by atoms with van der Waals surface area (Å²) in [5.74, 6) is 0.891. The molecule has 42 heavy (non-hydrogen) atoms. The summed E-state index contributed by atoms with van der Waals surface area (Å²) in [7, 11) is 0. The van der Waals surface area contributed by atoms with Gasteiger partial charge in [0.15, 0.2) is 0 Å². The van der Waals surface area contributed by atoms with Gasteiger partial charge in [-0.1, -0.05) is 193 Å². The highest BCUT2D eigenvalue weighted by atomic mass is 16.5. The van der Waals surface area contributed by atoms with Gasteiger partial charge in [0, 0.05) is 6.42 Å². The van der Waals surface area contributed by atoms with Crippen molar-refractivity contribution in [2.24, 2.45) is 5.92 Å². The van der Waals surface area contributed by atoms with Crippen LogP contribution in [0.1, 0.15) is 226 Å². The van der Waals surface area contributed by atoms with E-state index in [-0.39, 0.29) is 5.97 Å². The predicted molar refractivity (Wildman–Crippen MR) is 188 cm³/mol. The first-order chi connectivity index (χ1) is 20.7. The summed E-state index contributed by atoms with van der Waals surface area (Å²) in [6.07, 6.45) is 47.1. The van der Waals surface area contributed by atoms with Crippen LogP contribution in [0, 0.1) is 5.92 Å². The van der Waals surface area contributed by atoms with Gasteiger partial charge in [-0.2, -0.15) is 0 Å². The Bertz CT molecular complexity index is 538. The molecular weight excluding hydrogens is 512 g/mol. The topological polar surface area (TPSA) is 26.3 Å². The van der Waals surface area contributed by atoms with Gasteiger partial charge in [-0.05, 0) is 44.4 Å². The van der Waals surface area contributed by atoms with Gasteiger partial charge >= 0.3 is 5.97 Å². The molecule has 0 saturated heterocycles. The minimum absolute atomic E-state index is 0.0247. The molecule has 0 atom stereocenters. The maximum atomic E-state index is 12.0. The third-order valence-electron chi connectivity index (χ3n) is 8.83. The molecule has 0 fully saturated rings. The van der Waals surface area contributed by atoms with E-state index in [4.69, 9.17) is 4.74 Å². The number of carbonyl (C=O) groups is 1. The molecule has 0 radical (unpaired) electrons. The molecule has 0 bridgehead atoms. The molecule has 0 aliphatic heterocycles. The van der Waals surface area contributed by atoms with Crippen molar-refractivity contribution < 1.29 is 9.53 Å². The van der Waals surface area contributed by atoms with E-state index in [0.717, 1.165) is 18.8 Å². The third-order valence-corrected chi connectivity index (χ3v) is 8.83. The zero-order valence-corrected chi connectivity index (χ0v) is 29.4. The summed E-state index contributed by atoms with van der Waals surface area (Å²) >= 11 is 0. The molecule has 0 unspecified atom stereocenters. The van der Waals surface area contributed by atoms with Gasteiger partial charge in [-0.3, -0.25) is 4.79 Å². The second-order valence-corrected chi connectivity index (χ2v) is 13.7. The highest BCUT2D eigenvalue weighted by Crippen LogP contribution is 2.15. The van der Waals surface area contributed by atoms with Crippen molar-refractivity contribution in [3.63, 3.8) is 0 Å². The highest BCUT2D eigenvalue weighted by molar-refractivity contribution is 5.69. The molecule has 0 amide bonds. The lowest BCUT2D eigenvalue weighted by Crippen LogP contribution is -2.05. The average Bonchev–Trinajstić information content (AvgIpc) is 2.98. The van der Waals surface area contributed by atoms with Crippen molar-refractivity contribution in [3.8, 4) is 0 Å². The second-order valence-electron chi connectivity index (χ2n) is 13.7. The van der Waals surface area contributed by atoms with Crippen molar-refractivity contribution in [3.05, 3.63) is 12.2 Å². The molecule has 0 aromatic heterocycles. The molecule has 0 aromatic carbocycles. The van der Waals surface area contributed by atoms with E-state index >= 15 is 0 Å². The molecule has 0 saturated carbocycles. The first kappa shape index (κ1) is 41.2. The first-order valence-electron chi connectivity index (χ1n) is 19.5. The lowest BCUT2D eigenvalue weighted by atomic mass is 10.0. The van der Waals surface area contributed by atoms with Crippen molar-refractivity contribution >= 4 is 5.97 Å². The summed E-state index contributed by atoms with van der Waals surface area (Å²) in [6.45, 7) is 7.57. The van der Waals surface area contributed by atoms with Crippen LogP contribution in [-0.2, 0) is 9.53 Å². The normalized spacial score (nSPS) is 11.7. The van der Waals surface area contributed by atoms with Crippen LogP contribution in [-0.4, -0.2) is 12.6 Å². The Morgan fingerprint density at radius 1 is 0.476 bits per heavy atom. The van der Waals surface area contributed by atoms with E-state index in [2.05, 4.69) is 32.9 Å². The Labute approximate surface area is 266 Å². The monoisotopic (exact) mass is 591 g/mol. The van der Waals surface area contributed by atoms with E-state index in [0.29, 0.717) is 13.0 Å². The smallest absolute Gasteiger partial charge is 0.305 e. The quantitative estimate of drug-likeness (QED) is 0.0417. The summed E-state index contributed by atoms with van der Waals surface area (Å²) < 4.78 is 5.45. The fraction of sp³-hybridized carbons (Fsp3) is 0.925. The Hall–Kier alpha value is -0.790. The van der Waals surface area contributed by atoms with E-state index in [1.807, 2.05) is 0 Å². The molecule has 0 spiro atoms. The van der Waals surface area contributed by atoms with E-state index in [1.54, 1.807) is 0 Å². The summed E-state index contributed by atoms with van der Waals surface area (Å²) in [5.41, 5.74) is 0. The van der Waals surface area contributed by atoms with Gasteiger partial charge in [-0.25, -0.2) is 0 Å². The van der Waals surface area contributed by atoms with Crippen LogP contribution in [0.4, 0.5) is 0 Å². The van der Waals surface area contributed by atoms with Crippen molar-refractivity contribution in [1.82, 2.24) is 0 Å². The van der Waals surface area contributed by atoms with Gasteiger partial charge in [-0.15, -0.1) is 0 Å². The van der Waals surface area contributed by atoms with Crippen LogP contribution >= 0.6 is 0 Å². The zero-order chi connectivity index (χ0) is 30.6. The number of unbranched alkanes of at least 4 members (excludes halogenated alkanes) is 27. The highest BCUT2D eigenvalue weighted by Gasteiger charge is 2.03. The number of hydrogen-bond acceptors (Lipinski definition) is 2. The molecule has 2 heteroatoms. The Morgan fingerprint density at radius 3 is 1.26 bits per heavy atom. The summed E-state index contributed by atoms with van der Waals surface area (Å²) in [5, 5.41) is 0. The second kappa shape index (κ2) is 36.4. The fourth-order valence-corrected chi connectivity index (χ4v) is 5.90. The van der Waals surface area contributed by atoms with Gasteiger partial charge in [0.2, 0.25) is 0 Å². The van der Waals surface area contributed by atoms with E-state index in [1.165, 1.54) is 186 Å². The molecule has 0 aromatic rings. The van der Waals surface area contributed by atoms with Crippen LogP contribution in [0.15, 0.2) is 12.2 Å². The lowest BCUT2D eigenvalue weighted by Gasteiger charge is -2.06.